The van der Waals surface area contributed by atoms with Crippen LogP contribution in [0.3, 0.4) is 0 Å². The number of nitrogens with zero attached hydrogens (tertiary/aromatic N) is 3. The van der Waals surface area contributed by atoms with E-state index in [1.807, 2.05) is 26.8 Å². The molecule has 1 aliphatic rings. The van der Waals surface area contributed by atoms with E-state index in [0.717, 1.165) is 12.2 Å². The number of likely N-dealkylation sites (tertiary alicyclic amines) is 1. The Morgan fingerprint density at radius 1 is 1.47 bits per heavy atom. The second kappa shape index (κ2) is 6.19. The van der Waals surface area contributed by atoms with Crippen LogP contribution in [0.1, 0.15) is 32.4 Å². The van der Waals surface area contributed by atoms with Crippen LogP contribution in [0.2, 0.25) is 0 Å². The van der Waals surface area contributed by atoms with Gasteiger partial charge in [0.25, 0.3) is 0 Å². The van der Waals surface area contributed by atoms with E-state index in [-0.39, 0.29) is 6.10 Å². The largest absolute Gasteiger partial charge is 0.475 e. The molecule has 0 amide bonds. The van der Waals surface area contributed by atoms with Gasteiger partial charge in [-0.3, -0.25) is 0 Å². The summed E-state index contributed by atoms with van der Waals surface area (Å²) in [6.45, 7) is 8.03. The Labute approximate surface area is 115 Å². The summed E-state index contributed by atoms with van der Waals surface area (Å²) in [5.41, 5.74) is 0.924. The van der Waals surface area contributed by atoms with Crippen LogP contribution in [0, 0.1) is 6.92 Å². The van der Waals surface area contributed by atoms with Crippen LogP contribution in [-0.2, 0) is 0 Å². The van der Waals surface area contributed by atoms with Gasteiger partial charge in [0.2, 0.25) is 11.8 Å². The molecule has 5 heteroatoms. The molecular weight excluding hydrogens is 240 g/mol. The first-order valence-corrected chi connectivity index (χ1v) is 7.01. The fourth-order valence-corrected chi connectivity index (χ4v) is 2.37. The zero-order chi connectivity index (χ0) is 13.8. The number of likely N-dealkylation sites (N-methyl/N-ethyl adjacent to an activating group) is 1. The van der Waals surface area contributed by atoms with Crippen molar-refractivity contribution >= 4 is 5.95 Å². The minimum atomic E-state index is 0.128. The van der Waals surface area contributed by atoms with Crippen LogP contribution in [0.25, 0.3) is 0 Å². The van der Waals surface area contributed by atoms with Crippen molar-refractivity contribution in [2.24, 2.45) is 0 Å². The van der Waals surface area contributed by atoms with Gasteiger partial charge in [0.15, 0.2) is 0 Å². The number of ether oxygens (including phenoxy) is 1. The van der Waals surface area contributed by atoms with E-state index in [1.54, 1.807) is 0 Å². The maximum absolute atomic E-state index is 5.63. The highest BCUT2D eigenvalue weighted by atomic mass is 16.5. The molecule has 0 saturated carbocycles. The molecule has 0 spiro atoms. The normalized spacial score (nSPS) is 19.9. The number of nitrogens with one attached hydrogen (secondary N) is 1. The van der Waals surface area contributed by atoms with Crippen molar-refractivity contribution in [1.82, 2.24) is 14.9 Å². The highest BCUT2D eigenvalue weighted by Gasteiger charge is 2.20. The standard InChI is InChI=1S/C14H24N4O/c1-10(2)19-13-8-11(3)16-14(17-13)15-9-12-6-5-7-18(12)4/h8,10,12H,5-7,9H2,1-4H3,(H,15,16,17). The Morgan fingerprint density at radius 3 is 2.89 bits per heavy atom. The van der Waals surface area contributed by atoms with E-state index in [9.17, 15) is 0 Å². The Balaban J connectivity index is 1.97. The molecule has 1 atom stereocenters. The van der Waals surface area contributed by atoms with E-state index in [2.05, 4.69) is 27.2 Å². The van der Waals surface area contributed by atoms with Gasteiger partial charge in [-0.15, -0.1) is 0 Å². The van der Waals surface area contributed by atoms with Gasteiger partial charge in [-0.25, -0.2) is 4.98 Å². The van der Waals surface area contributed by atoms with E-state index in [0.29, 0.717) is 17.9 Å². The lowest BCUT2D eigenvalue weighted by Crippen LogP contribution is -2.32. The second-order valence-corrected chi connectivity index (χ2v) is 5.50. The van der Waals surface area contributed by atoms with Crippen LogP contribution >= 0.6 is 0 Å². The highest BCUT2D eigenvalue weighted by Crippen LogP contribution is 2.17. The molecule has 0 bridgehead atoms. The Bertz CT molecular complexity index is 422. The quantitative estimate of drug-likeness (QED) is 0.882. The molecule has 1 fully saturated rings. The van der Waals surface area contributed by atoms with Crippen molar-refractivity contribution in [2.75, 3.05) is 25.5 Å². The Kier molecular flexibility index (Phi) is 4.58. The average Bonchev–Trinajstić information content (AvgIpc) is 2.70. The van der Waals surface area contributed by atoms with Crippen molar-refractivity contribution in [3.8, 4) is 5.88 Å². The zero-order valence-electron chi connectivity index (χ0n) is 12.3. The van der Waals surface area contributed by atoms with Crippen LogP contribution in [0.4, 0.5) is 5.95 Å². The first kappa shape index (κ1) is 14.1. The molecule has 1 aliphatic heterocycles. The minimum Gasteiger partial charge on any atom is -0.475 e. The number of aryl methyl sites for hydroxylation is 1. The lowest BCUT2D eigenvalue weighted by atomic mass is 10.2. The van der Waals surface area contributed by atoms with Gasteiger partial charge in [0.1, 0.15) is 0 Å². The highest BCUT2D eigenvalue weighted by molar-refractivity contribution is 5.31. The topological polar surface area (TPSA) is 50.3 Å². The average molecular weight is 264 g/mol. The van der Waals surface area contributed by atoms with Gasteiger partial charge < -0.3 is 15.0 Å². The Morgan fingerprint density at radius 2 is 2.26 bits per heavy atom. The molecule has 1 aromatic rings. The molecule has 1 aromatic heterocycles. The molecule has 0 aliphatic carbocycles. The summed E-state index contributed by atoms with van der Waals surface area (Å²) in [4.78, 5) is 11.2. The third-order valence-corrected chi connectivity index (χ3v) is 3.35. The van der Waals surface area contributed by atoms with Gasteiger partial charge in [-0.05, 0) is 47.2 Å². The van der Waals surface area contributed by atoms with E-state index in [1.165, 1.54) is 19.4 Å². The van der Waals surface area contributed by atoms with Crippen molar-refractivity contribution in [3.05, 3.63) is 11.8 Å². The third kappa shape index (κ3) is 4.06. The van der Waals surface area contributed by atoms with Crippen LogP contribution in [0.5, 0.6) is 5.88 Å². The molecule has 0 aromatic carbocycles. The van der Waals surface area contributed by atoms with Gasteiger partial charge in [0.05, 0.1) is 6.10 Å². The second-order valence-electron chi connectivity index (χ2n) is 5.50. The molecule has 5 nitrogen and oxygen atoms in total. The van der Waals surface area contributed by atoms with Crippen LogP contribution < -0.4 is 10.1 Å². The van der Waals surface area contributed by atoms with E-state index >= 15 is 0 Å². The number of anilines is 1. The van der Waals surface area contributed by atoms with Crippen molar-refractivity contribution in [3.63, 3.8) is 0 Å². The number of rotatable bonds is 5. The summed E-state index contributed by atoms with van der Waals surface area (Å²) < 4.78 is 5.63. The summed E-state index contributed by atoms with van der Waals surface area (Å²) in [6, 6.07) is 2.45. The van der Waals surface area contributed by atoms with Gasteiger partial charge in [-0.1, -0.05) is 0 Å². The predicted octanol–water partition coefficient (Wildman–Crippen LogP) is 2.08. The smallest absolute Gasteiger partial charge is 0.226 e. The van der Waals surface area contributed by atoms with E-state index < -0.39 is 0 Å². The van der Waals surface area contributed by atoms with Gasteiger partial charge in [0, 0.05) is 24.3 Å². The first-order valence-electron chi connectivity index (χ1n) is 7.01. The van der Waals surface area contributed by atoms with Crippen molar-refractivity contribution in [1.29, 1.82) is 0 Å². The summed E-state index contributed by atoms with van der Waals surface area (Å²) in [5.74, 6) is 1.31. The van der Waals surface area contributed by atoms with Crippen LogP contribution in [0.15, 0.2) is 6.07 Å². The molecular formula is C14H24N4O. The lowest BCUT2D eigenvalue weighted by molar-refractivity contribution is 0.232. The zero-order valence-corrected chi connectivity index (χ0v) is 12.3. The summed E-state index contributed by atoms with van der Waals surface area (Å²) in [6.07, 6.45) is 2.65. The first-order chi connectivity index (χ1) is 9.04. The maximum atomic E-state index is 5.63. The third-order valence-electron chi connectivity index (χ3n) is 3.35. The molecule has 2 rings (SSSR count). The number of hydrogen-bond donors (Lipinski definition) is 1. The Hall–Kier alpha value is -1.36. The number of hydrogen-bond acceptors (Lipinski definition) is 5. The van der Waals surface area contributed by atoms with E-state index in [4.69, 9.17) is 4.74 Å². The molecule has 1 unspecified atom stereocenters. The van der Waals surface area contributed by atoms with Gasteiger partial charge in [-0.2, -0.15) is 4.98 Å². The fraction of sp³-hybridized carbons (Fsp3) is 0.714. The molecule has 2 heterocycles. The minimum absolute atomic E-state index is 0.128. The van der Waals surface area contributed by atoms with Gasteiger partial charge >= 0.3 is 0 Å². The van der Waals surface area contributed by atoms with Crippen molar-refractivity contribution in [2.45, 2.75) is 45.8 Å². The van der Waals surface area contributed by atoms with Crippen molar-refractivity contribution < 1.29 is 4.74 Å². The molecule has 1 saturated heterocycles. The monoisotopic (exact) mass is 264 g/mol. The predicted molar refractivity (Wildman–Crippen MR) is 76.7 cm³/mol. The summed E-state index contributed by atoms with van der Waals surface area (Å²) in [7, 11) is 2.17. The molecule has 19 heavy (non-hydrogen) atoms. The lowest BCUT2D eigenvalue weighted by Gasteiger charge is -2.20. The summed E-state index contributed by atoms with van der Waals surface area (Å²) in [5, 5.41) is 3.33. The SMILES string of the molecule is Cc1cc(OC(C)C)nc(NCC2CCCN2C)n1. The summed E-state index contributed by atoms with van der Waals surface area (Å²) >= 11 is 0. The molecule has 0 radical (unpaired) electrons. The number of aromatic nitrogens is 2. The maximum Gasteiger partial charge on any atom is 0.226 e. The van der Waals surface area contributed by atoms with Crippen LogP contribution in [-0.4, -0.2) is 47.2 Å². The molecule has 106 valence electrons. The molecule has 1 N–H and O–H groups in total. The fourth-order valence-electron chi connectivity index (χ4n) is 2.37.